The van der Waals surface area contributed by atoms with E-state index in [1.54, 1.807) is 0 Å². The third-order valence-corrected chi connectivity index (χ3v) is 3.91. The number of ether oxygens (including phenoxy) is 1. The fourth-order valence-electron chi connectivity index (χ4n) is 2.34. The summed E-state index contributed by atoms with van der Waals surface area (Å²) in [5, 5.41) is 0. The predicted molar refractivity (Wildman–Crippen MR) is 86.5 cm³/mol. The van der Waals surface area contributed by atoms with E-state index in [-0.39, 0.29) is 6.61 Å². The highest BCUT2D eigenvalue weighted by Crippen LogP contribution is 2.35. The molecule has 0 saturated carbocycles. The maximum atomic E-state index is 12.8. The Labute approximate surface area is 142 Å². The van der Waals surface area contributed by atoms with Crippen LogP contribution in [-0.4, -0.2) is 49.8 Å². The summed E-state index contributed by atoms with van der Waals surface area (Å²) < 4.78 is 66.3. The van der Waals surface area contributed by atoms with E-state index < -0.39 is 18.7 Å². The molecule has 0 aromatic rings. The molecule has 0 aliphatic carbocycles. The Morgan fingerprint density at radius 2 is 1.21 bits per heavy atom. The highest BCUT2D eigenvalue weighted by Gasteiger charge is 2.57. The van der Waals surface area contributed by atoms with Crippen molar-refractivity contribution >= 4 is 0 Å². The molecular formula is C17H32F5NO. The first-order valence-corrected chi connectivity index (χ1v) is 8.99. The zero-order chi connectivity index (χ0) is 18.5. The summed E-state index contributed by atoms with van der Waals surface area (Å²) in [7, 11) is 0. The quantitative estimate of drug-likeness (QED) is 0.275. The molecular weight excluding hydrogens is 329 g/mol. The van der Waals surface area contributed by atoms with Gasteiger partial charge in [0.05, 0.1) is 6.61 Å². The van der Waals surface area contributed by atoms with Crippen LogP contribution in [0, 0.1) is 0 Å². The maximum absolute atomic E-state index is 12.8. The Balaban J connectivity index is 4.09. The summed E-state index contributed by atoms with van der Waals surface area (Å²) in [4.78, 5) is 2.11. The summed E-state index contributed by atoms with van der Waals surface area (Å²) >= 11 is 0. The molecule has 0 heterocycles. The van der Waals surface area contributed by atoms with Crippen LogP contribution in [-0.2, 0) is 4.74 Å². The Morgan fingerprint density at radius 1 is 0.708 bits per heavy atom. The van der Waals surface area contributed by atoms with Crippen molar-refractivity contribution < 1.29 is 26.7 Å². The molecule has 0 aromatic carbocycles. The zero-order valence-corrected chi connectivity index (χ0v) is 14.9. The highest BCUT2D eigenvalue weighted by atomic mass is 19.4. The number of alkyl halides is 5. The van der Waals surface area contributed by atoms with Gasteiger partial charge in [0.25, 0.3) is 0 Å². The maximum Gasteiger partial charge on any atom is 0.455 e. The van der Waals surface area contributed by atoms with Crippen LogP contribution >= 0.6 is 0 Å². The second-order valence-electron chi connectivity index (χ2n) is 6.22. The van der Waals surface area contributed by atoms with E-state index in [2.05, 4.69) is 23.5 Å². The van der Waals surface area contributed by atoms with Crippen molar-refractivity contribution in [1.82, 2.24) is 4.90 Å². The van der Waals surface area contributed by atoms with E-state index in [4.69, 9.17) is 0 Å². The van der Waals surface area contributed by atoms with Crippen molar-refractivity contribution in [2.75, 3.05) is 32.8 Å². The molecule has 7 heteroatoms. The van der Waals surface area contributed by atoms with Crippen LogP contribution in [0.1, 0.15) is 65.2 Å². The van der Waals surface area contributed by atoms with Crippen molar-refractivity contribution in [3.8, 4) is 0 Å². The number of unbranched alkanes of at least 4 members (excludes halogenated alkanes) is 6. The average molecular weight is 361 g/mol. The van der Waals surface area contributed by atoms with Crippen LogP contribution in [0.3, 0.4) is 0 Å². The van der Waals surface area contributed by atoms with E-state index in [1.165, 1.54) is 0 Å². The van der Waals surface area contributed by atoms with Gasteiger partial charge in [-0.2, -0.15) is 22.0 Å². The molecule has 0 unspecified atom stereocenters. The minimum atomic E-state index is -5.55. The monoisotopic (exact) mass is 361 g/mol. The lowest BCUT2D eigenvalue weighted by molar-refractivity contribution is -0.296. The summed E-state index contributed by atoms with van der Waals surface area (Å²) in [5.41, 5.74) is 0. The van der Waals surface area contributed by atoms with Crippen LogP contribution in [0.2, 0.25) is 0 Å². The summed E-state index contributed by atoms with van der Waals surface area (Å²) in [6, 6.07) is 0. The fraction of sp³-hybridized carbons (Fsp3) is 1.00. The third-order valence-electron chi connectivity index (χ3n) is 3.91. The minimum absolute atomic E-state index is 0.104. The van der Waals surface area contributed by atoms with Gasteiger partial charge in [-0.3, -0.25) is 0 Å². The first kappa shape index (κ1) is 23.6. The molecule has 0 saturated heterocycles. The Hall–Kier alpha value is -0.430. The van der Waals surface area contributed by atoms with Gasteiger partial charge in [-0.05, 0) is 25.9 Å². The third kappa shape index (κ3) is 11.2. The normalized spacial score (nSPS) is 13.0. The van der Waals surface area contributed by atoms with Gasteiger partial charge in [0, 0.05) is 6.54 Å². The lowest BCUT2D eigenvalue weighted by Crippen LogP contribution is -2.41. The van der Waals surface area contributed by atoms with Gasteiger partial charge < -0.3 is 9.64 Å². The fourth-order valence-corrected chi connectivity index (χ4v) is 2.34. The van der Waals surface area contributed by atoms with Gasteiger partial charge in [0.1, 0.15) is 6.61 Å². The molecule has 24 heavy (non-hydrogen) atoms. The lowest BCUT2D eigenvalue weighted by atomic mass is 10.1. The smallest absolute Gasteiger partial charge is 0.373 e. The van der Waals surface area contributed by atoms with Crippen molar-refractivity contribution in [2.45, 2.75) is 77.3 Å². The number of hydrogen-bond donors (Lipinski definition) is 0. The van der Waals surface area contributed by atoms with Gasteiger partial charge in [-0.25, -0.2) is 0 Å². The summed E-state index contributed by atoms with van der Waals surface area (Å²) in [6.45, 7) is 4.61. The SMILES string of the molecule is CCCCCCN(CCCCCC)CCOCC(F)(F)C(F)(F)F. The molecule has 2 nitrogen and oxygen atoms in total. The van der Waals surface area contributed by atoms with E-state index >= 15 is 0 Å². The van der Waals surface area contributed by atoms with Gasteiger partial charge in [0.2, 0.25) is 0 Å². The molecule has 0 N–H and O–H groups in total. The molecule has 0 radical (unpaired) electrons. The van der Waals surface area contributed by atoms with E-state index in [9.17, 15) is 22.0 Å². The van der Waals surface area contributed by atoms with Gasteiger partial charge in [-0.1, -0.05) is 52.4 Å². The molecule has 0 aliphatic heterocycles. The van der Waals surface area contributed by atoms with Crippen LogP contribution in [0.5, 0.6) is 0 Å². The second kappa shape index (κ2) is 12.9. The molecule has 0 spiro atoms. The van der Waals surface area contributed by atoms with Crippen LogP contribution in [0.25, 0.3) is 0 Å². The van der Waals surface area contributed by atoms with Crippen LogP contribution < -0.4 is 0 Å². The molecule has 0 bridgehead atoms. The van der Waals surface area contributed by atoms with Crippen molar-refractivity contribution in [2.24, 2.45) is 0 Å². The first-order valence-electron chi connectivity index (χ1n) is 8.99. The number of rotatable bonds is 15. The molecule has 0 fully saturated rings. The van der Waals surface area contributed by atoms with E-state index in [0.29, 0.717) is 6.54 Å². The number of halogens is 5. The number of hydrogen-bond acceptors (Lipinski definition) is 2. The second-order valence-corrected chi connectivity index (χ2v) is 6.22. The van der Waals surface area contributed by atoms with E-state index in [0.717, 1.165) is 64.5 Å². The Bertz CT molecular complexity index is 285. The largest absolute Gasteiger partial charge is 0.455 e. The topological polar surface area (TPSA) is 12.5 Å². The van der Waals surface area contributed by atoms with Crippen molar-refractivity contribution in [3.05, 3.63) is 0 Å². The molecule has 0 aromatic heterocycles. The number of nitrogens with zero attached hydrogens (tertiary/aromatic N) is 1. The van der Waals surface area contributed by atoms with Crippen molar-refractivity contribution in [1.29, 1.82) is 0 Å². The van der Waals surface area contributed by atoms with Gasteiger partial charge in [0.15, 0.2) is 0 Å². The van der Waals surface area contributed by atoms with Gasteiger partial charge >= 0.3 is 12.1 Å². The van der Waals surface area contributed by atoms with Crippen LogP contribution in [0.4, 0.5) is 22.0 Å². The summed E-state index contributed by atoms with van der Waals surface area (Å²) in [6.07, 6.45) is 3.26. The van der Waals surface area contributed by atoms with Crippen molar-refractivity contribution in [3.63, 3.8) is 0 Å². The molecule has 0 atom stereocenters. The predicted octanol–water partition coefficient (Wildman–Crippen LogP) is 5.66. The first-order chi connectivity index (χ1) is 11.2. The summed E-state index contributed by atoms with van der Waals surface area (Å²) in [5.74, 6) is -4.78. The molecule has 0 amide bonds. The standard InChI is InChI=1S/C17H32F5NO/c1-3-5-7-9-11-23(12-10-8-6-4-2)13-14-24-15-16(18,19)17(20,21)22/h3-15H2,1-2H3. The highest BCUT2D eigenvalue weighted by molar-refractivity contribution is 4.75. The lowest BCUT2D eigenvalue weighted by Gasteiger charge is -2.24. The minimum Gasteiger partial charge on any atom is -0.373 e. The molecule has 0 aliphatic rings. The molecule has 146 valence electrons. The molecule has 0 rings (SSSR count). The Morgan fingerprint density at radius 3 is 1.62 bits per heavy atom. The van der Waals surface area contributed by atoms with Crippen LogP contribution in [0.15, 0.2) is 0 Å². The van der Waals surface area contributed by atoms with Gasteiger partial charge in [-0.15, -0.1) is 0 Å². The Kier molecular flexibility index (Phi) is 12.6. The average Bonchev–Trinajstić information content (AvgIpc) is 2.50. The zero-order valence-electron chi connectivity index (χ0n) is 14.9. The van der Waals surface area contributed by atoms with E-state index in [1.807, 2.05) is 0 Å².